The number of carbonyl (C=O) groups excluding carboxylic acids is 1. The van der Waals surface area contributed by atoms with E-state index in [0.717, 1.165) is 10.6 Å². The Hall–Kier alpha value is -2.99. The van der Waals surface area contributed by atoms with E-state index in [9.17, 15) is 4.79 Å². The van der Waals surface area contributed by atoms with Crippen LogP contribution in [0.2, 0.25) is 0 Å². The Morgan fingerprint density at radius 2 is 2.04 bits per heavy atom. The smallest absolute Gasteiger partial charge is 0.254 e. The number of aromatic nitrogens is 2. The summed E-state index contributed by atoms with van der Waals surface area (Å²) >= 11 is 1.64. The molecule has 126 valence electrons. The SMILES string of the molecule is C=CCN(Cc1cccs1)C(=O)c1cccc(Nc2ncccn2)c1. The summed E-state index contributed by atoms with van der Waals surface area (Å²) in [7, 11) is 0. The van der Waals surface area contributed by atoms with Crippen molar-refractivity contribution in [2.24, 2.45) is 0 Å². The molecule has 1 aromatic carbocycles. The first-order chi connectivity index (χ1) is 12.3. The Labute approximate surface area is 150 Å². The van der Waals surface area contributed by atoms with Crippen molar-refractivity contribution < 1.29 is 4.79 Å². The van der Waals surface area contributed by atoms with Gasteiger partial charge in [0.2, 0.25) is 5.95 Å². The number of nitrogens with zero attached hydrogens (tertiary/aromatic N) is 3. The molecule has 0 bridgehead atoms. The molecule has 2 aromatic heterocycles. The fraction of sp³-hybridized carbons (Fsp3) is 0.105. The number of thiophene rings is 1. The molecule has 1 amide bonds. The lowest BCUT2D eigenvalue weighted by Crippen LogP contribution is -2.30. The number of hydrogen-bond donors (Lipinski definition) is 1. The largest absolute Gasteiger partial charge is 0.330 e. The third-order valence-corrected chi connectivity index (χ3v) is 4.36. The van der Waals surface area contributed by atoms with Crippen molar-refractivity contribution in [1.29, 1.82) is 0 Å². The van der Waals surface area contributed by atoms with E-state index in [2.05, 4.69) is 21.9 Å². The predicted octanol–water partition coefficient (Wildman–Crippen LogP) is 4.11. The van der Waals surface area contributed by atoms with Crippen LogP contribution in [0.5, 0.6) is 0 Å². The van der Waals surface area contributed by atoms with Crippen LogP contribution in [-0.4, -0.2) is 27.3 Å². The summed E-state index contributed by atoms with van der Waals surface area (Å²) in [4.78, 5) is 24.1. The molecule has 1 N–H and O–H groups in total. The minimum Gasteiger partial charge on any atom is -0.330 e. The van der Waals surface area contributed by atoms with E-state index in [-0.39, 0.29) is 5.91 Å². The van der Waals surface area contributed by atoms with Crippen LogP contribution >= 0.6 is 11.3 Å². The molecular formula is C19H18N4OS. The second-order valence-corrected chi connectivity index (χ2v) is 6.36. The van der Waals surface area contributed by atoms with Crippen molar-refractivity contribution in [3.05, 3.63) is 83.3 Å². The number of benzene rings is 1. The summed E-state index contributed by atoms with van der Waals surface area (Å²) in [5, 5.41) is 5.11. The van der Waals surface area contributed by atoms with Gasteiger partial charge in [-0.2, -0.15) is 0 Å². The van der Waals surface area contributed by atoms with E-state index < -0.39 is 0 Å². The van der Waals surface area contributed by atoms with Crippen molar-refractivity contribution in [1.82, 2.24) is 14.9 Å². The summed E-state index contributed by atoms with van der Waals surface area (Å²) in [6, 6.07) is 13.1. The maximum Gasteiger partial charge on any atom is 0.254 e. The zero-order valence-corrected chi connectivity index (χ0v) is 14.4. The lowest BCUT2D eigenvalue weighted by atomic mass is 10.1. The van der Waals surface area contributed by atoms with Crippen LogP contribution in [0, 0.1) is 0 Å². The third-order valence-electron chi connectivity index (χ3n) is 3.49. The molecule has 25 heavy (non-hydrogen) atoms. The molecule has 6 heteroatoms. The maximum atomic E-state index is 12.9. The summed E-state index contributed by atoms with van der Waals surface area (Å²) < 4.78 is 0. The van der Waals surface area contributed by atoms with Gasteiger partial charge in [0.05, 0.1) is 6.54 Å². The number of rotatable bonds is 7. The Bertz CT molecular complexity index is 834. The summed E-state index contributed by atoms with van der Waals surface area (Å²) in [6.07, 6.45) is 5.07. The zero-order chi connectivity index (χ0) is 17.5. The number of nitrogens with one attached hydrogen (secondary N) is 1. The van der Waals surface area contributed by atoms with E-state index in [1.165, 1.54) is 0 Å². The molecule has 0 aliphatic rings. The second-order valence-electron chi connectivity index (χ2n) is 5.33. The minimum atomic E-state index is -0.0362. The molecule has 0 saturated heterocycles. The first-order valence-corrected chi connectivity index (χ1v) is 8.71. The van der Waals surface area contributed by atoms with Crippen LogP contribution in [0.3, 0.4) is 0 Å². The van der Waals surface area contributed by atoms with Gasteiger partial charge < -0.3 is 10.2 Å². The lowest BCUT2D eigenvalue weighted by Gasteiger charge is -2.21. The molecule has 0 atom stereocenters. The fourth-order valence-electron chi connectivity index (χ4n) is 2.37. The van der Waals surface area contributed by atoms with Gasteiger partial charge in [0.25, 0.3) is 5.91 Å². The van der Waals surface area contributed by atoms with Crippen molar-refractivity contribution in [2.75, 3.05) is 11.9 Å². The molecule has 0 aliphatic heterocycles. The zero-order valence-electron chi connectivity index (χ0n) is 13.6. The van der Waals surface area contributed by atoms with Crippen molar-refractivity contribution in [2.45, 2.75) is 6.54 Å². The van der Waals surface area contributed by atoms with Crippen LogP contribution in [0.1, 0.15) is 15.2 Å². The van der Waals surface area contributed by atoms with E-state index >= 15 is 0 Å². The molecule has 0 unspecified atom stereocenters. The highest BCUT2D eigenvalue weighted by atomic mass is 32.1. The number of hydrogen-bond acceptors (Lipinski definition) is 5. The molecule has 0 radical (unpaired) electrons. The van der Waals surface area contributed by atoms with Gasteiger partial charge >= 0.3 is 0 Å². The van der Waals surface area contributed by atoms with Gasteiger partial charge in [0.15, 0.2) is 0 Å². The van der Waals surface area contributed by atoms with Crippen LogP contribution in [0.15, 0.2) is 72.9 Å². The van der Waals surface area contributed by atoms with Gasteiger partial charge in [0.1, 0.15) is 0 Å². The van der Waals surface area contributed by atoms with E-state index in [1.807, 2.05) is 41.8 Å². The van der Waals surface area contributed by atoms with E-state index in [1.54, 1.807) is 40.8 Å². The highest BCUT2D eigenvalue weighted by Gasteiger charge is 2.16. The average Bonchev–Trinajstić information content (AvgIpc) is 3.15. The standard InChI is InChI=1S/C19H18N4OS/c1-2-11-23(14-17-8-4-12-25-17)18(24)15-6-3-7-16(13-15)22-19-20-9-5-10-21-19/h2-10,12-13H,1,11,14H2,(H,20,21,22). The Kier molecular flexibility index (Phi) is 5.53. The van der Waals surface area contributed by atoms with Gasteiger partial charge in [-0.3, -0.25) is 4.79 Å². The Morgan fingerprint density at radius 3 is 2.76 bits per heavy atom. The Balaban J connectivity index is 1.77. The first kappa shape index (κ1) is 16.9. The molecule has 0 spiro atoms. The van der Waals surface area contributed by atoms with Crippen LogP contribution in [0.4, 0.5) is 11.6 Å². The maximum absolute atomic E-state index is 12.9. The summed E-state index contributed by atoms with van der Waals surface area (Å²) in [5.74, 6) is 0.458. The number of carbonyl (C=O) groups is 1. The van der Waals surface area contributed by atoms with Gasteiger partial charge in [-0.25, -0.2) is 9.97 Å². The molecular weight excluding hydrogens is 332 g/mol. The first-order valence-electron chi connectivity index (χ1n) is 7.83. The monoisotopic (exact) mass is 350 g/mol. The fourth-order valence-corrected chi connectivity index (χ4v) is 3.09. The van der Waals surface area contributed by atoms with Crippen molar-refractivity contribution in [3.8, 4) is 0 Å². The average molecular weight is 350 g/mol. The molecule has 0 fully saturated rings. The van der Waals surface area contributed by atoms with E-state index in [4.69, 9.17) is 0 Å². The molecule has 0 saturated carbocycles. The molecule has 5 nitrogen and oxygen atoms in total. The van der Waals surface area contributed by atoms with Crippen molar-refractivity contribution in [3.63, 3.8) is 0 Å². The van der Waals surface area contributed by atoms with Crippen LogP contribution in [0.25, 0.3) is 0 Å². The van der Waals surface area contributed by atoms with Gasteiger partial charge in [-0.05, 0) is 35.7 Å². The third kappa shape index (κ3) is 4.51. The molecule has 0 aliphatic carbocycles. The highest BCUT2D eigenvalue weighted by molar-refractivity contribution is 7.09. The molecule has 2 heterocycles. The molecule has 3 aromatic rings. The number of anilines is 2. The molecule has 3 rings (SSSR count). The second kappa shape index (κ2) is 8.21. The quantitative estimate of drug-likeness (QED) is 0.652. The predicted molar refractivity (Wildman–Crippen MR) is 101 cm³/mol. The number of amides is 1. The van der Waals surface area contributed by atoms with Crippen molar-refractivity contribution >= 4 is 28.9 Å². The minimum absolute atomic E-state index is 0.0362. The summed E-state index contributed by atoms with van der Waals surface area (Å²) in [5.41, 5.74) is 1.38. The highest BCUT2D eigenvalue weighted by Crippen LogP contribution is 2.18. The normalized spacial score (nSPS) is 10.2. The topological polar surface area (TPSA) is 58.1 Å². The van der Waals surface area contributed by atoms with Crippen LogP contribution < -0.4 is 5.32 Å². The van der Waals surface area contributed by atoms with E-state index in [0.29, 0.717) is 24.6 Å². The lowest BCUT2D eigenvalue weighted by molar-refractivity contribution is 0.0764. The van der Waals surface area contributed by atoms with Gasteiger partial charge in [0, 0.05) is 35.1 Å². The van der Waals surface area contributed by atoms with Gasteiger partial charge in [-0.15, -0.1) is 17.9 Å². The summed E-state index contributed by atoms with van der Waals surface area (Å²) in [6.45, 7) is 4.83. The van der Waals surface area contributed by atoms with Gasteiger partial charge in [-0.1, -0.05) is 18.2 Å². The Morgan fingerprint density at radius 1 is 1.20 bits per heavy atom. The van der Waals surface area contributed by atoms with Crippen LogP contribution in [-0.2, 0) is 6.54 Å².